The molecule has 10 atom stereocenters. The van der Waals surface area contributed by atoms with Crippen molar-refractivity contribution in [1.29, 1.82) is 10.5 Å². The second kappa shape index (κ2) is 21.4. The number of carbonyl (C=O) groups is 8. The molecule has 0 spiro atoms. The Bertz CT molecular complexity index is 1730. The number of ether oxygens (including phenoxy) is 10. The lowest BCUT2D eigenvalue weighted by Gasteiger charge is -2.45. The lowest BCUT2D eigenvalue weighted by Crippen LogP contribution is -2.61. The third-order valence-electron chi connectivity index (χ3n) is 7.71. The fourth-order valence-electron chi connectivity index (χ4n) is 5.75. The van der Waals surface area contributed by atoms with Gasteiger partial charge in [-0.2, -0.15) is 10.5 Å². The average molecular weight is 853 g/mol. The van der Waals surface area contributed by atoms with E-state index in [-0.39, 0.29) is 20.9 Å². The molecule has 314 valence electrons. The number of esters is 8. The van der Waals surface area contributed by atoms with Crippen molar-refractivity contribution in [1.82, 2.24) is 0 Å². The highest BCUT2D eigenvalue weighted by Crippen LogP contribution is 2.45. The summed E-state index contributed by atoms with van der Waals surface area (Å²) in [7, 11) is 0. The Hall–Kier alpha value is -5.42. The molecule has 2 heterocycles. The summed E-state index contributed by atoms with van der Waals surface area (Å²) < 4.78 is 55.9. The van der Waals surface area contributed by atoms with Gasteiger partial charge in [0.1, 0.15) is 48.4 Å². The number of hydrogen-bond donors (Lipinski definition) is 0. The molecule has 3 rings (SSSR count). The van der Waals surface area contributed by atoms with Gasteiger partial charge >= 0.3 is 47.8 Å². The smallest absolute Gasteiger partial charge is 0.303 e. The highest BCUT2D eigenvalue weighted by atomic mass is 32.2. The fourth-order valence-corrected chi connectivity index (χ4v) is 8.34. The number of rotatable bonds is 14. The van der Waals surface area contributed by atoms with E-state index in [9.17, 15) is 48.9 Å². The van der Waals surface area contributed by atoms with Crippen LogP contribution in [-0.4, -0.2) is 121 Å². The van der Waals surface area contributed by atoms with Gasteiger partial charge in [0.2, 0.25) is 0 Å². The van der Waals surface area contributed by atoms with E-state index < -0.39 is 121 Å². The van der Waals surface area contributed by atoms with Gasteiger partial charge in [-0.1, -0.05) is 23.5 Å². The number of nitriles is 2. The monoisotopic (exact) mass is 852 g/mol. The zero-order chi connectivity index (χ0) is 43.4. The molecule has 2 aliphatic heterocycles. The first-order valence-corrected chi connectivity index (χ1v) is 18.9. The second-order valence-corrected chi connectivity index (χ2v) is 14.7. The van der Waals surface area contributed by atoms with Gasteiger partial charge in [-0.3, -0.25) is 38.4 Å². The van der Waals surface area contributed by atoms with Gasteiger partial charge in [-0.05, 0) is 12.1 Å². The first-order valence-electron chi connectivity index (χ1n) is 17.2. The van der Waals surface area contributed by atoms with Crippen LogP contribution in [0.4, 0.5) is 0 Å². The molecule has 0 N–H and O–H groups in total. The summed E-state index contributed by atoms with van der Waals surface area (Å²) in [5.41, 5.74) is -3.06. The minimum Gasteiger partial charge on any atom is -0.463 e. The van der Waals surface area contributed by atoms with E-state index in [1.165, 1.54) is 12.1 Å². The summed E-state index contributed by atoms with van der Waals surface area (Å²) in [6.07, 6.45) is -11.7. The Balaban J connectivity index is 2.25. The summed E-state index contributed by atoms with van der Waals surface area (Å²) in [5, 5.41) is 20.0. The Labute approximate surface area is 340 Å². The summed E-state index contributed by atoms with van der Waals surface area (Å²) >= 11 is 1.56. The van der Waals surface area contributed by atoms with Crippen molar-refractivity contribution in [2.75, 3.05) is 13.2 Å². The van der Waals surface area contributed by atoms with E-state index in [1.807, 2.05) is 12.1 Å². The van der Waals surface area contributed by atoms with Crippen LogP contribution in [0.3, 0.4) is 0 Å². The molecule has 1 aromatic rings. The van der Waals surface area contributed by atoms with Crippen LogP contribution in [0.1, 0.15) is 66.5 Å². The first-order chi connectivity index (χ1) is 27.2. The van der Waals surface area contributed by atoms with Crippen molar-refractivity contribution in [2.45, 2.75) is 125 Å². The van der Waals surface area contributed by atoms with Crippen LogP contribution in [0.15, 0.2) is 21.9 Å². The number of carbonyl (C=O) groups excluding carboxylic acids is 8. The van der Waals surface area contributed by atoms with Crippen LogP contribution < -0.4 is 0 Å². The molecule has 2 aliphatic rings. The molecule has 2 saturated heterocycles. The van der Waals surface area contributed by atoms with Gasteiger partial charge in [-0.15, -0.1) is 0 Å². The normalized spacial score (nSPS) is 26.2. The van der Waals surface area contributed by atoms with Gasteiger partial charge in [0.15, 0.2) is 36.6 Å². The molecule has 0 amide bonds. The zero-order valence-corrected chi connectivity index (χ0v) is 34.0. The Morgan fingerprint density at radius 3 is 1.02 bits per heavy atom. The second-order valence-electron chi connectivity index (χ2n) is 12.4. The van der Waals surface area contributed by atoms with E-state index >= 15 is 0 Å². The minimum atomic E-state index is -1.54. The standard InChI is InChI=1S/C36H40N2O18S2/c1-15(39)47-13-25-29(49-17(3)41)31(51-19(5)43)33(53-21(7)45)35(55-25)57-27-9-23(11-37)24(12-38)10-28(27)58-36-34(54-22(8)46)32(52-20(6)44)30(50-18(4)42)26(56-36)14-48-16(2)40/h9-10,25-26,29-36H,13-14H2,1-8H3/t25-,26-,29+,30+,31+,32+,33-,34-,35+,36+/m1/s1. The third kappa shape index (κ3) is 13.3. The SMILES string of the molecule is CC(=O)OC[C@H]1O[C@@H](Sc2cc(C#N)c(C#N)cc2S[C@@H]2O[C@H](COC(C)=O)[C@H](OC(C)=O)[C@H](OC(C)=O)[C@H]2OC(C)=O)[C@H](OC(C)=O)[C@@H](OC(C)=O)[C@H]1OC(C)=O. The lowest BCUT2D eigenvalue weighted by molar-refractivity contribution is -0.237. The maximum Gasteiger partial charge on any atom is 0.303 e. The van der Waals surface area contributed by atoms with Gasteiger partial charge in [-0.25, -0.2) is 0 Å². The molecular weight excluding hydrogens is 813 g/mol. The Morgan fingerprint density at radius 1 is 0.483 bits per heavy atom. The van der Waals surface area contributed by atoms with Crippen molar-refractivity contribution in [3.8, 4) is 12.1 Å². The number of hydrogen-bond acceptors (Lipinski definition) is 22. The molecule has 20 nitrogen and oxygen atoms in total. The molecule has 0 unspecified atom stereocenters. The van der Waals surface area contributed by atoms with Gasteiger partial charge in [0.05, 0.1) is 11.1 Å². The third-order valence-corrected chi connectivity index (χ3v) is 10.2. The summed E-state index contributed by atoms with van der Waals surface area (Å²) in [5.74, 6) is -6.67. The number of nitrogens with zero attached hydrogens (tertiary/aromatic N) is 2. The molecular formula is C36H40N2O18S2. The van der Waals surface area contributed by atoms with Crippen molar-refractivity contribution in [3.63, 3.8) is 0 Å². The molecule has 0 radical (unpaired) electrons. The molecule has 2 fully saturated rings. The van der Waals surface area contributed by atoms with E-state index in [4.69, 9.17) is 47.4 Å². The van der Waals surface area contributed by atoms with Crippen molar-refractivity contribution < 1.29 is 85.7 Å². The summed E-state index contributed by atoms with van der Waals surface area (Å²) in [6.45, 7) is 7.50. The number of benzene rings is 1. The van der Waals surface area contributed by atoms with E-state index in [0.29, 0.717) is 0 Å². The van der Waals surface area contributed by atoms with Gasteiger partial charge in [0.25, 0.3) is 0 Å². The van der Waals surface area contributed by atoms with E-state index in [0.717, 1.165) is 78.9 Å². The highest BCUT2D eigenvalue weighted by molar-refractivity contribution is 8.02. The van der Waals surface area contributed by atoms with Crippen LogP contribution in [0, 0.1) is 22.7 Å². The molecule has 0 saturated carbocycles. The van der Waals surface area contributed by atoms with Crippen LogP contribution in [0.2, 0.25) is 0 Å². The summed E-state index contributed by atoms with van der Waals surface area (Å²) in [6, 6.07) is 6.40. The molecule has 0 bridgehead atoms. The highest BCUT2D eigenvalue weighted by Gasteiger charge is 2.54. The molecule has 1 aromatic carbocycles. The fraction of sp³-hybridized carbons (Fsp3) is 0.556. The molecule has 0 aliphatic carbocycles. The lowest BCUT2D eigenvalue weighted by atomic mass is 9.99. The first kappa shape index (κ1) is 47.0. The molecule has 58 heavy (non-hydrogen) atoms. The van der Waals surface area contributed by atoms with Crippen molar-refractivity contribution >= 4 is 71.3 Å². The largest absolute Gasteiger partial charge is 0.463 e. The summed E-state index contributed by atoms with van der Waals surface area (Å²) in [4.78, 5) is 98.1. The predicted octanol–water partition coefficient (Wildman–Crippen LogP) is 1.78. The van der Waals surface area contributed by atoms with E-state index in [2.05, 4.69) is 0 Å². The Morgan fingerprint density at radius 2 is 0.759 bits per heavy atom. The average Bonchev–Trinajstić information content (AvgIpc) is 3.10. The maximum absolute atomic E-state index is 12.5. The Kier molecular flexibility index (Phi) is 17.3. The van der Waals surface area contributed by atoms with Crippen molar-refractivity contribution in [3.05, 3.63) is 23.3 Å². The predicted molar refractivity (Wildman–Crippen MR) is 191 cm³/mol. The quantitative estimate of drug-likeness (QED) is 0.190. The maximum atomic E-state index is 12.5. The van der Waals surface area contributed by atoms with E-state index in [1.54, 1.807) is 0 Å². The number of thioether (sulfide) groups is 2. The van der Waals surface area contributed by atoms with Crippen LogP contribution >= 0.6 is 23.5 Å². The topological polar surface area (TPSA) is 276 Å². The van der Waals surface area contributed by atoms with Gasteiger partial charge in [0, 0.05) is 65.2 Å². The van der Waals surface area contributed by atoms with Crippen LogP contribution in [0.25, 0.3) is 0 Å². The van der Waals surface area contributed by atoms with Crippen LogP contribution in [-0.2, 0) is 85.7 Å². The van der Waals surface area contributed by atoms with Gasteiger partial charge < -0.3 is 47.4 Å². The van der Waals surface area contributed by atoms with Crippen LogP contribution in [0.5, 0.6) is 0 Å². The zero-order valence-electron chi connectivity index (χ0n) is 32.4. The minimum absolute atomic E-state index is 0.120. The molecule has 0 aromatic heterocycles. The molecule has 22 heteroatoms. The van der Waals surface area contributed by atoms with Crippen molar-refractivity contribution in [2.24, 2.45) is 0 Å².